The molecule has 0 spiro atoms. The minimum Gasteiger partial charge on any atom is -0.377 e. The standard InChI is InChI=1S/C25H28N4O2/c1-17-10-12-20(13-11-17)27-25(31)28-21-14-15-23(29(3)4)22(16-21)24(30)26-18(2)19-8-6-5-7-9-19/h5-16,18H,1-4H3,(H,26,30)(H2,27,28,31)/t18-/m1/s1. The van der Waals surface area contributed by atoms with Crippen molar-refractivity contribution >= 4 is 29.0 Å². The number of carbonyl (C=O) groups is 2. The lowest BCUT2D eigenvalue weighted by molar-refractivity contribution is 0.0940. The number of nitrogens with one attached hydrogen (secondary N) is 3. The van der Waals surface area contributed by atoms with Gasteiger partial charge in [-0.25, -0.2) is 4.79 Å². The van der Waals surface area contributed by atoms with E-state index in [4.69, 9.17) is 0 Å². The third-order valence-corrected chi connectivity index (χ3v) is 4.94. The van der Waals surface area contributed by atoms with E-state index in [2.05, 4.69) is 16.0 Å². The van der Waals surface area contributed by atoms with Crippen LogP contribution in [0.25, 0.3) is 0 Å². The van der Waals surface area contributed by atoms with E-state index < -0.39 is 0 Å². The van der Waals surface area contributed by atoms with E-state index in [1.54, 1.807) is 12.1 Å². The SMILES string of the molecule is Cc1ccc(NC(=O)Nc2ccc(N(C)C)c(C(=O)N[C@H](C)c3ccccc3)c2)cc1. The number of nitrogens with zero attached hydrogens (tertiary/aromatic N) is 1. The summed E-state index contributed by atoms with van der Waals surface area (Å²) >= 11 is 0. The second kappa shape index (κ2) is 9.80. The van der Waals surface area contributed by atoms with Gasteiger partial charge in [0.2, 0.25) is 0 Å². The average molecular weight is 417 g/mol. The molecule has 0 saturated heterocycles. The fraction of sp³-hybridized carbons (Fsp3) is 0.200. The summed E-state index contributed by atoms with van der Waals surface area (Å²) < 4.78 is 0. The molecule has 3 amide bonds. The van der Waals surface area contributed by atoms with Crippen LogP contribution in [0.4, 0.5) is 21.9 Å². The molecule has 3 aromatic rings. The molecule has 0 aliphatic carbocycles. The lowest BCUT2D eigenvalue weighted by Gasteiger charge is -2.20. The molecule has 6 heteroatoms. The van der Waals surface area contributed by atoms with E-state index in [9.17, 15) is 9.59 Å². The van der Waals surface area contributed by atoms with Crippen LogP contribution in [0.15, 0.2) is 72.8 Å². The Kier molecular flexibility index (Phi) is 6.92. The highest BCUT2D eigenvalue weighted by molar-refractivity contribution is 6.04. The first-order valence-corrected chi connectivity index (χ1v) is 10.2. The number of hydrogen-bond acceptors (Lipinski definition) is 3. The molecule has 0 fully saturated rings. The first-order valence-electron chi connectivity index (χ1n) is 10.2. The van der Waals surface area contributed by atoms with Crippen LogP contribution in [0.1, 0.15) is 34.5 Å². The van der Waals surface area contributed by atoms with Crippen LogP contribution < -0.4 is 20.9 Å². The first-order chi connectivity index (χ1) is 14.8. The second-order valence-corrected chi connectivity index (χ2v) is 7.68. The second-order valence-electron chi connectivity index (χ2n) is 7.68. The number of benzene rings is 3. The summed E-state index contributed by atoms with van der Waals surface area (Å²) in [5, 5.41) is 8.64. The van der Waals surface area contributed by atoms with Crippen LogP contribution in [0, 0.1) is 6.92 Å². The zero-order chi connectivity index (χ0) is 22.4. The summed E-state index contributed by atoms with van der Waals surface area (Å²) in [6, 6.07) is 22.1. The van der Waals surface area contributed by atoms with E-state index in [0.29, 0.717) is 16.9 Å². The van der Waals surface area contributed by atoms with Gasteiger partial charge in [0.1, 0.15) is 0 Å². The molecule has 6 nitrogen and oxygen atoms in total. The largest absolute Gasteiger partial charge is 0.377 e. The van der Waals surface area contributed by atoms with Crippen molar-refractivity contribution in [3.8, 4) is 0 Å². The highest BCUT2D eigenvalue weighted by Crippen LogP contribution is 2.24. The molecule has 1 atom stereocenters. The fourth-order valence-electron chi connectivity index (χ4n) is 3.22. The Labute approximate surface area is 183 Å². The lowest BCUT2D eigenvalue weighted by atomic mass is 10.1. The van der Waals surface area contributed by atoms with Crippen LogP contribution in [0.3, 0.4) is 0 Å². The Morgan fingerprint density at radius 3 is 2.10 bits per heavy atom. The molecular weight excluding hydrogens is 388 g/mol. The van der Waals surface area contributed by atoms with Gasteiger partial charge >= 0.3 is 6.03 Å². The molecule has 0 unspecified atom stereocenters. The van der Waals surface area contributed by atoms with Crippen molar-refractivity contribution in [2.75, 3.05) is 29.6 Å². The van der Waals surface area contributed by atoms with Crippen molar-refractivity contribution in [1.82, 2.24) is 5.32 Å². The summed E-state index contributed by atoms with van der Waals surface area (Å²) in [5.41, 5.74) is 4.62. The van der Waals surface area contributed by atoms with Crippen LogP contribution in [0.2, 0.25) is 0 Å². The van der Waals surface area contributed by atoms with Gasteiger partial charge in [0.05, 0.1) is 11.6 Å². The van der Waals surface area contributed by atoms with E-state index in [0.717, 1.165) is 16.8 Å². The van der Waals surface area contributed by atoms with Gasteiger partial charge in [-0.1, -0.05) is 48.0 Å². The molecule has 160 valence electrons. The maximum absolute atomic E-state index is 13.0. The smallest absolute Gasteiger partial charge is 0.323 e. The molecule has 3 N–H and O–H groups in total. The molecule has 3 aromatic carbocycles. The number of aryl methyl sites for hydroxylation is 1. The zero-order valence-electron chi connectivity index (χ0n) is 18.3. The molecule has 0 heterocycles. The molecule has 0 aromatic heterocycles. The maximum atomic E-state index is 13.0. The predicted octanol–water partition coefficient (Wildman–Crippen LogP) is 5.20. The number of carbonyl (C=O) groups excluding carboxylic acids is 2. The van der Waals surface area contributed by atoms with Gasteiger partial charge in [-0.3, -0.25) is 4.79 Å². The summed E-state index contributed by atoms with van der Waals surface area (Å²) in [6.45, 7) is 3.93. The summed E-state index contributed by atoms with van der Waals surface area (Å²) in [6.07, 6.45) is 0. The number of hydrogen-bond donors (Lipinski definition) is 3. The van der Waals surface area contributed by atoms with Crippen LogP contribution >= 0.6 is 0 Å². The predicted molar refractivity (Wildman–Crippen MR) is 127 cm³/mol. The van der Waals surface area contributed by atoms with Crippen LogP contribution in [-0.2, 0) is 0 Å². The monoisotopic (exact) mass is 416 g/mol. The molecule has 0 bridgehead atoms. The van der Waals surface area contributed by atoms with Gasteiger partial charge in [0.25, 0.3) is 5.91 Å². The topological polar surface area (TPSA) is 73.5 Å². The molecule has 3 rings (SSSR count). The quantitative estimate of drug-likeness (QED) is 0.517. The number of anilines is 3. The van der Waals surface area contributed by atoms with Crippen molar-refractivity contribution in [1.29, 1.82) is 0 Å². The molecule has 0 radical (unpaired) electrons. The van der Waals surface area contributed by atoms with E-state index in [1.807, 2.05) is 93.5 Å². The Morgan fingerprint density at radius 2 is 1.45 bits per heavy atom. The van der Waals surface area contributed by atoms with Crippen molar-refractivity contribution < 1.29 is 9.59 Å². The van der Waals surface area contributed by atoms with Gasteiger partial charge in [0, 0.05) is 31.2 Å². The van der Waals surface area contributed by atoms with Crippen molar-refractivity contribution in [3.63, 3.8) is 0 Å². The molecular formula is C25H28N4O2. The van der Waals surface area contributed by atoms with Crippen LogP contribution in [0.5, 0.6) is 0 Å². The summed E-state index contributed by atoms with van der Waals surface area (Å²) in [4.78, 5) is 27.3. The highest BCUT2D eigenvalue weighted by Gasteiger charge is 2.17. The van der Waals surface area contributed by atoms with Crippen molar-refractivity contribution in [2.24, 2.45) is 0 Å². The first kappa shape index (κ1) is 21.9. The Hall–Kier alpha value is -3.80. The van der Waals surface area contributed by atoms with E-state index >= 15 is 0 Å². The van der Waals surface area contributed by atoms with Gasteiger partial charge in [-0.05, 0) is 49.7 Å². The Bertz CT molecular complexity index is 1050. The molecule has 0 aliphatic heterocycles. The Balaban J connectivity index is 1.76. The third-order valence-electron chi connectivity index (χ3n) is 4.94. The Morgan fingerprint density at radius 1 is 0.839 bits per heavy atom. The molecule has 0 saturated carbocycles. The normalized spacial score (nSPS) is 11.4. The number of urea groups is 1. The fourth-order valence-corrected chi connectivity index (χ4v) is 3.22. The van der Waals surface area contributed by atoms with Gasteiger partial charge < -0.3 is 20.9 Å². The summed E-state index contributed by atoms with van der Waals surface area (Å²) in [7, 11) is 3.76. The van der Waals surface area contributed by atoms with Crippen LogP contribution in [-0.4, -0.2) is 26.0 Å². The third kappa shape index (κ3) is 5.85. The average Bonchev–Trinajstić information content (AvgIpc) is 2.75. The lowest BCUT2D eigenvalue weighted by Crippen LogP contribution is -2.28. The highest BCUT2D eigenvalue weighted by atomic mass is 16.2. The molecule has 0 aliphatic rings. The van der Waals surface area contributed by atoms with Gasteiger partial charge in [0.15, 0.2) is 0 Å². The van der Waals surface area contributed by atoms with Gasteiger partial charge in [-0.2, -0.15) is 0 Å². The molecule has 31 heavy (non-hydrogen) atoms. The minimum absolute atomic E-state index is 0.148. The van der Waals surface area contributed by atoms with E-state index in [1.165, 1.54) is 0 Å². The minimum atomic E-state index is -0.370. The van der Waals surface area contributed by atoms with Crippen molar-refractivity contribution in [3.05, 3.63) is 89.5 Å². The van der Waals surface area contributed by atoms with Crippen molar-refractivity contribution in [2.45, 2.75) is 19.9 Å². The van der Waals surface area contributed by atoms with Gasteiger partial charge in [-0.15, -0.1) is 0 Å². The maximum Gasteiger partial charge on any atom is 0.323 e. The van der Waals surface area contributed by atoms with E-state index in [-0.39, 0.29) is 18.0 Å². The number of amides is 3. The number of rotatable bonds is 6. The zero-order valence-corrected chi connectivity index (χ0v) is 18.3. The summed E-state index contributed by atoms with van der Waals surface area (Å²) in [5.74, 6) is -0.206.